The van der Waals surface area contributed by atoms with E-state index in [4.69, 9.17) is 14.2 Å². The normalized spacial score (nSPS) is 11.1. The third-order valence-electron chi connectivity index (χ3n) is 3.85. The molecule has 146 valence electrons. The highest BCUT2D eigenvalue weighted by molar-refractivity contribution is 8.17. The van der Waals surface area contributed by atoms with Crippen LogP contribution in [0, 0.1) is 0 Å². The van der Waals surface area contributed by atoms with Gasteiger partial charge in [0.05, 0.1) is 18.8 Å². The molecule has 5 heteroatoms. The zero-order valence-electron chi connectivity index (χ0n) is 16.4. The van der Waals surface area contributed by atoms with E-state index in [0.717, 1.165) is 39.9 Å². The van der Waals surface area contributed by atoms with Crippen molar-refractivity contribution in [3.8, 4) is 17.2 Å². The van der Waals surface area contributed by atoms with Gasteiger partial charge in [-0.2, -0.15) is 0 Å². The number of thioether (sulfide) groups is 2. The third kappa shape index (κ3) is 7.07. The summed E-state index contributed by atoms with van der Waals surface area (Å²) in [5.41, 5.74) is 2.19. The van der Waals surface area contributed by atoms with Crippen molar-refractivity contribution in [2.24, 2.45) is 0 Å². The van der Waals surface area contributed by atoms with Crippen molar-refractivity contribution in [1.82, 2.24) is 0 Å². The van der Waals surface area contributed by atoms with Crippen molar-refractivity contribution in [3.05, 3.63) is 59.7 Å². The van der Waals surface area contributed by atoms with Gasteiger partial charge in [-0.1, -0.05) is 44.2 Å². The molecule has 0 aromatic heterocycles. The summed E-state index contributed by atoms with van der Waals surface area (Å²) in [6.45, 7) is 4.87. The molecule has 0 saturated heterocycles. The first-order valence-electron chi connectivity index (χ1n) is 9.05. The largest absolute Gasteiger partial charge is 0.497 e. The Morgan fingerprint density at radius 1 is 0.889 bits per heavy atom. The summed E-state index contributed by atoms with van der Waals surface area (Å²) in [6.07, 6.45) is 4.42. The fourth-order valence-corrected chi connectivity index (χ4v) is 4.71. The average molecular weight is 405 g/mol. The van der Waals surface area contributed by atoms with Crippen LogP contribution in [0.25, 0.3) is 6.08 Å². The average Bonchev–Trinajstić information content (AvgIpc) is 2.71. The molecule has 0 radical (unpaired) electrons. The summed E-state index contributed by atoms with van der Waals surface area (Å²) in [5, 5.41) is 0. The smallest absolute Gasteiger partial charge is 0.161 e. The van der Waals surface area contributed by atoms with E-state index in [2.05, 4.69) is 32.1 Å². The van der Waals surface area contributed by atoms with E-state index in [-0.39, 0.29) is 0 Å². The second-order valence-corrected chi connectivity index (χ2v) is 8.82. The maximum atomic E-state index is 5.95. The van der Waals surface area contributed by atoms with Crippen molar-refractivity contribution in [2.45, 2.75) is 25.0 Å². The van der Waals surface area contributed by atoms with E-state index in [9.17, 15) is 0 Å². The van der Waals surface area contributed by atoms with Crippen LogP contribution in [-0.2, 0) is 6.61 Å². The highest BCUT2D eigenvalue weighted by Crippen LogP contribution is 2.31. The van der Waals surface area contributed by atoms with Crippen molar-refractivity contribution in [3.63, 3.8) is 0 Å². The van der Waals surface area contributed by atoms with Crippen LogP contribution >= 0.6 is 23.5 Å². The highest BCUT2D eigenvalue weighted by Gasteiger charge is 2.07. The van der Waals surface area contributed by atoms with Crippen LogP contribution in [0.3, 0.4) is 0 Å². The second kappa shape index (κ2) is 11.9. The topological polar surface area (TPSA) is 27.7 Å². The van der Waals surface area contributed by atoms with E-state index in [1.807, 2.05) is 59.9 Å². The lowest BCUT2D eigenvalue weighted by Crippen LogP contribution is -1.98. The number of ether oxygens (including phenoxy) is 3. The minimum atomic E-state index is 0.483. The van der Waals surface area contributed by atoms with Gasteiger partial charge in [0.1, 0.15) is 12.4 Å². The standard InChI is InChI=1S/C22H28O3S2/c1-5-26-22(27-6-2)14-10-17-9-13-20(21(15-17)24-4)25-16-18-7-11-19(23-3)12-8-18/h7-15,22H,5-6,16H2,1-4H3/b14-10+. The first-order chi connectivity index (χ1) is 13.2. The number of rotatable bonds is 11. The van der Waals surface area contributed by atoms with Crippen molar-refractivity contribution < 1.29 is 14.2 Å². The Bertz CT molecular complexity index is 708. The lowest BCUT2D eigenvalue weighted by atomic mass is 10.2. The molecule has 0 spiro atoms. The molecule has 0 N–H and O–H groups in total. The zero-order valence-corrected chi connectivity index (χ0v) is 18.1. The predicted octanol–water partition coefficient (Wildman–Crippen LogP) is 6.13. The maximum Gasteiger partial charge on any atom is 0.161 e. The predicted molar refractivity (Wildman–Crippen MR) is 119 cm³/mol. The van der Waals surface area contributed by atoms with Gasteiger partial charge in [0.25, 0.3) is 0 Å². The molecule has 0 heterocycles. The van der Waals surface area contributed by atoms with Crippen LogP contribution in [-0.4, -0.2) is 30.3 Å². The lowest BCUT2D eigenvalue weighted by molar-refractivity contribution is 0.284. The summed E-state index contributed by atoms with van der Waals surface area (Å²) >= 11 is 3.91. The Labute approximate surface area is 171 Å². The van der Waals surface area contributed by atoms with Gasteiger partial charge in [-0.15, -0.1) is 23.5 Å². The minimum absolute atomic E-state index is 0.483. The SMILES string of the molecule is CCSC(/C=C/c1ccc(OCc2ccc(OC)cc2)c(OC)c1)SCC. The van der Waals surface area contributed by atoms with Gasteiger partial charge in [0.15, 0.2) is 11.5 Å². The van der Waals surface area contributed by atoms with Gasteiger partial charge in [0.2, 0.25) is 0 Å². The first-order valence-corrected chi connectivity index (χ1v) is 11.1. The van der Waals surface area contributed by atoms with Crippen LogP contribution < -0.4 is 14.2 Å². The quantitative estimate of drug-likeness (QED) is 0.420. The van der Waals surface area contributed by atoms with Crippen LogP contribution in [0.2, 0.25) is 0 Å². The van der Waals surface area contributed by atoms with Gasteiger partial charge in [0, 0.05) is 0 Å². The van der Waals surface area contributed by atoms with E-state index in [1.165, 1.54) is 0 Å². The Hall–Kier alpha value is -1.72. The number of methoxy groups -OCH3 is 2. The van der Waals surface area contributed by atoms with E-state index in [0.29, 0.717) is 11.2 Å². The molecule has 0 atom stereocenters. The monoisotopic (exact) mass is 404 g/mol. The summed E-state index contributed by atoms with van der Waals surface area (Å²) < 4.78 is 17.1. The molecular formula is C22H28O3S2. The lowest BCUT2D eigenvalue weighted by Gasteiger charge is -2.12. The summed E-state index contributed by atoms with van der Waals surface area (Å²) in [4.78, 5) is 0. The molecule has 0 aliphatic rings. The van der Waals surface area contributed by atoms with Crippen LogP contribution in [0.1, 0.15) is 25.0 Å². The van der Waals surface area contributed by atoms with E-state index in [1.54, 1.807) is 14.2 Å². The minimum Gasteiger partial charge on any atom is -0.497 e. The molecule has 0 bridgehead atoms. The molecule has 0 saturated carbocycles. The number of hydrogen-bond acceptors (Lipinski definition) is 5. The van der Waals surface area contributed by atoms with Gasteiger partial charge in [-0.25, -0.2) is 0 Å². The Kier molecular flexibility index (Phi) is 9.50. The van der Waals surface area contributed by atoms with Crippen LogP contribution in [0.15, 0.2) is 48.5 Å². The number of hydrogen-bond donors (Lipinski definition) is 0. The molecule has 2 aromatic carbocycles. The molecule has 2 rings (SSSR count). The Morgan fingerprint density at radius 2 is 1.59 bits per heavy atom. The maximum absolute atomic E-state index is 5.95. The molecule has 2 aromatic rings. The van der Waals surface area contributed by atoms with Crippen LogP contribution in [0.4, 0.5) is 0 Å². The molecule has 0 aliphatic heterocycles. The molecule has 0 fully saturated rings. The van der Waals surface area contributed by atoms with Crippen LogP contribution in [0.5, 0.6) is 17.2 Å². The van der Waals surface area contributed by atoms with Gasteiger partial charge in [-0.05, 0) is 46.9 Å². The van der Waals surface area contributed by atoms with E-state index >= 15 is 0 Å². The third-order valence-corrected chi connectivity index (χ3v) is 6.30. The highest BCUT2D eigenvalue weighted by atomic mass is 32.2. The molecular weight excluding hydrogens is 376 g/mol. The first kappa shape index (κ1) is 21.6. The molecule has 0 amide bonds. The summed E-state index contributed by atoms with van der Waals surface area (Å²) in [6, 6.07) is 13.9. The van der Waals surface area contributed by atoms with E-state index < -0.39 is 0 Å². The molecule has 27 heavy (non-hydrogen) atoms. The molecule has 0 aliphatic carbocycles. The fraction of sp³-hybridized carbons (Fsp3) is 0.364. The van der Waals surface area contributed by atoms with Gasteiger partial charge >= 0.3 is 0 Å². The van der Waals surface area contributed by atoms with Gasteiger partial charge < -0.3 is 14.2 Å². The molecule has 3 nitrogen and oxygen atoms in total. The van der Waals surface area contributed by atoms with Crippen molar-refractivity contribution in [1.29, 1.82) is 0 Å². The second-order valence-electron chi connectivity index (χ2n) is 5.69. The fourth-order valence-electron chi connectivity index (χ4n) is 2.47. The Morgan fingerprint density at radius 3 is 2.19 bits per heavy atom. The van der Waals surface area contributed by atoms with Crippen molar-refractivity contribution in [2.75, 3.05) is 25.7 Å². The van der Waals surface area contributed by atoms with Crippen molar-refractivity contribution >= 4 is 29.6 Å². The summed E-state index contributed by atoms with van der Waals surface area (Å²) in [7, 11) is 3.34. The molecule has 0 unspecified atom stereocenters. The summed E-state index contributed by atoms with van der Waals surface area (Å²) in [5.74, 6) is 4.56. The number of benzene rings is 2. The van der Waals surface area contributed by atoms with Gasteiger partial charge in [-0.3, -0.25) is 0 Å². The zero-order chi connectivity index (χ0) is 19.5. The Balaban J connectivity index is 2.03.